The van der Waals surface area contributed by atoms with Gasteiger partial charge in [0.1, 0.15) is 12.1 Å². The highest BCUT2D eigenvalue weighted by atomic mass is 16.1. The maximum Gasteiger partial charge on any atom is 0.146 e. The molecule has 116 valence electrons. The summed E-state index contributed by atoms with van der Waals surface area (Å²) in [5, 5.41) is 0. The molecular weight excluding hydrogens is 260 g/mol. The van der Waals surface area contributed by atoms with Crippen LogP contribution >= 0.6 is 0 Å². The Morgan fingerprint density at radius 3 is 2.67 bits per heavy atom. The van der Waals surface area contributed by atoms with Crippen molar-refractivity contribution < 1.29 is 9.59 Å². The Bertz CT molecular complexity index is 488. The second-order valence-electron chi connectivity index (χ2n) is 8.47. The summed E-state index contributed by atoms with van der Waals surface area (Å²) in [4.78, 5) is 23.7. The molecule has 0 bridgehead atoms. The molecule has 21 heavy (non-hydrogen) atoms. The molecule has 0 aliphatic heterocycles. The van der Waals surface area contributed by atoms with Crippen molar-refractivity contribution in [2.75, 3.05) is 0 Å². The molecule has 2 saturated carbocycles. The average Bonchev–Trinajstić information content (AvgIpc) is 2.58. The van der Waals surface area contributed by atoms with Crippen LogP contribution in [-0.2, 0) is 9.59 Å². The molecule has 0 N–H and O–H groups in total. The lowest BCUT2D eigenvalue weighted by atomic mass is 9.46. The van der Waals surface area contributed by atoms with Gasteiger partial charge in [-0.3, -0.25) is 9.59 Å². The normalized spacial score (nSPS) is 42.3. The lowest BCUT2D eigenvalue weighted by Gasteiger charge is -2.59. The molecule has 2 nitrogen and oxygen atoms in total. The van der Waals surface area contributed by atoms with Crippen LogP contribution in [-0.4, -0.2) is 12.1 Å². The van der Waals surface area contributed by atoms with Gasteiger partial charge in [0.25, 0.3) is 0 Å². The minimum atomic E-state index is 0.189. The number of ketones is 1. The molecule has 0 spiro atoms. The second kappa shape index (κ2) is 5.07. The predicted molar refractivity (Wildman–Crippen MR) is 83.8 cm³/mol. The monoisotopic (exact) mass is 288 g/mol. The number of aldehydes is 1. The molecule has 4 atom stereocenters. The van der Waals surface area contributed by atoms with E-state index in [4.69, 9.17) is 0 Å². The van der Waals surface area contributed by atoms with Crippen LogP contribution in [0.15, 0.2) is 11.6 Å². The van der Waals surface area contributed by atoms with Crippen LogP contribution in [0.3, 0.4) is 0 Å². The molecule has 2 fully saturated rings. The number of fused-ring (bicyclic) bond motifs is 3. The topological polar surface area (TPSA) is 34.1 Å². The largest absolute Gasteiger partial charge is 0.299 e. The van der Waals surface area contributed by atoms with E-state index in [1.54, 1.807) is 0 Å². The second-order valence-corrected chi connectivity index (χ2v) is 8.47. The Kier molecular flexibility index (Phi) is 3.62. The number of Topliss-reactive ketones (excluding diaryl/α,β-unsaturated/α-hetero) is 1. The van der Waals surface area contributed by atoms with Crippen LogP contribution in [0.4, 0.5) is 0 Å². The van der Waals surface area contributed by atoms with Crippen LogP contribution < -0.4 is 0 Å². The summed E-state index contributed by atoms with van der Waals surface area (Å²) < 4.78 is 0. The third kappa shape index (κ3) is 2.31. The van der Waals surface area contributed by atoms with Gasteiger partial charge in [0.15, 0.2) is 0 Å². The number of carbonyl (C=O) groups excluding carboxylic acids is 2. The molecule has 3 rings (SSSR count). The van der Waals surface area contributed by atoms with Gasteiger partial charge in [-0.25, -0.2) is 0 Å². The van der Waals surface area contributed by atoms with Crippen molar-refractivity contribution in [3.63, 3.8) is 0 Å². The van der Waals surface area contributed by atoms with Gasteiger partial charge in [0, 0.05) is 12.3 Å². The lowest BCUT2D eigenvalue weighted by Crippen LogP contribution is -2.52. The molecule has 0 heterocycles. The van der Waals surface area contributed by atoms with E-state index >= 15 is 0 Å². The van der Waals surface area contributed by atoms with E-state index < -0.39 is 0 Å². The van der Waals surface area contributed by atoms with Crippen molar-refractivity contribution in [1.82, 2.24) is 0 Å². The molecule has 0 aromatic heterocycles. The molecule has 0 saturated heterocycles. The van der Waals surface area contributed by atoms with Gasteiger partial charge < -0.3 is 0 Å². The Hall–Kier alpha value is -0.920. The zero-order valence-corrected chi connectivity index (χ0v) is 13.7. The number of allylic oxidation sites excluding steroid dienone is 2. The van der Waals surface area contributed by atoms with Crippen LogP contribution in [0.1, 0.15) is 65.7 Å². The minimum absolute atomic E-state index is 0.189. The van der Waals surface area contributed by atoms with Crippen molar-refractivity contribution in [3.8, 4) is 0 Å². The fraction of sp³-hybridized carbons (Fsp3) is 0.789. The van der Waals surface area contributed by atoms with Gasteiger partial charge in [-0.1, -0.05) is 33.3 Å². The van der Waals surface area contributed by atoms with Crippen molar-refractivity contribution in [1.29, 1.82) is 0 Å². The van der Waals surface area contributed by atoms with Gasteiger partial charge in [0.2, 0.25) is 0 Å². The highest BCUT2D eigenvalue weighted by molar-refractivity contribution is 5.91. The Morgan fingerprint density at radius 2 is 1.95 bits per heavy atom. The molecule has 0 radical (unpaired) electrons. The lowest BCUT2D eigenvalue weighted by molar-refractivity contribution is -0.138. The molecule has 0 aromatic rings. The summed E-state index contributed by atoms with van der Waals surface area (Å²) in [6, 6.07) is 0. The number of hydrogen-bond acceptors (Lipinski definition) is 2. The van der Waals surface area contributed by atoms with Crippen molar-refractivity contribution >= 4 is 12.1 Å². The van der Waals surface area contributed by atoms with Crippen LogP contribution in [0, 0.1) is 28.6 Å². The highest BCUT2D eigenvalue weighted by Gasteiger charge is 2.55. The first-order valence-corrected chi connectivity index (χ1v) is 8.55. The first kappa shape index (κ1) is 15.0. The molecule has 2 heteroatoms. The van der Waals surface area contributed by atoms with E-state index in [2.05, 4.69) is 26.8 Å². The van der Waals surface area contributed by atoms with Crippen molar-refractivity contribution in [3.05, 3.63) is 11.6 Å². The van der Waals surface area contributed by atoms with E-state index in [1.165, 1.54) is 25.7 Å². The number of rotatable bonds is 1. The first-order valence-electron chi connectivity index (χ1n) is 8.55. The summed E-state index contributed by atoms with van der Waals surface area (Å²) in [6.45, 7) is 7.27. The zero-order valence-electron chi connectivity index (χ0n) is 13.7. The summed E-state index contributed by atoms with van der Waals surface area (Å²) in [7, 11) is 0. The van der Waals surface area contributed by atoms with Gasteiger partial charge in [-0.05, 0) is 60.3 Å². The standard InChI is InChI=1S/C19H28O2/c1-18(2)9-4-10-19(3)15-7-5-13(12-20)11-16(21)14(15)6-8-17(18)19/h5,12,14-15,17H,4,6-11H2,1-3H3/t14-,15+,17+,19-/m1/s1. The Balaban J connectivity index is 1.97. The van der Waals surface area contributed by atoms with Gasteiger partial charge in [0.05, 0.1) is 0 Å². The number of hydrogen-bond donors (Lipinski definition) is 0. The molecular formula is C19H28O2. The Morgan fingerprint density at radius 1 is 1.19 bits per heavy atom. The summed E-state index contributed by atoms with van der Waals surface area (Å²) >= 11 is 0. The fourth-order valence-electron chi connectivity index (χ4n) is 5.93. The third-order valence-electron chi connectivity index (χ3n) is 6.95. The minimum Gasteiger partial charge on any atom is -0.299 e. The van der Waals surface area contributed by atoms with Gasteiger partial charge in [-0.2, -0.15) is 0 Å². The quantitative estimate of drug-likeness (QED) is 0.673. The van der Waals surface area contributed by atoms with Crippen molar-refractivity contribution in [2.24, 2.45) is 28.6 Å². The van der Waals surface area contributed by atoms with Crippen molar-refractivity contribution in [2.45, 2.75) is 65.7 Å². The molecule has 0 aromatic carbocycles. The summed E-state index contributed by atoms with van der Waals surface area (Å²) in [6.07, 6.45) is 10.3. The molecule has 0 unspecified atom stereocenters. The summed E-state index contributed by atoms with van der Waals surface area (Å²) in [5.74, 6) is 1.67. The zero-order chi connectivity index (χ0) is 15.3. The average molecular weight is 288 g/mol. The maximum absolute atomic E-state index is 12.6. The Labute approximate surface area is 128 Å². The predicted octanol–water partition coefficient (Wildman–Crippen LogP) is 4.33. The van der Waals surface area contributed by atoms with Crippen LogP contribution in [0.25, 0.3) is 0 Å². The third-order valence-corrected chi connectivity index (χ3v) is 6.95. The van der Waals surface area contributed by atoms with Gasteiger partial charge in [-0.15, -0.1) is 0 Å². The summed E-state index contributed by atoms with van der Waals surface area (Å²) in [5.41, 5.74) is 1.38. The van der Waals surface area contributed by atoms with Crippen LogP contribution in [0.2, 0.25) is 0 Å². The fourth-order valence-corrected chi connectivity index (χ4v) is 5.93. The highest BCUT2D eigenvalue weighted by Crippen LogP contribution is 2.62. The van der Waals surface area contributed by atoms with E-state index in [-0.39, 0.29) is 11.3 Å². The maximum atomic E-state index is 12.6. The smallest absolute Gasteiger partial charge is 0.146 e. The molecule has 0 amide bonds. The molecule has 3 aliphatic carbocycles. The van der Waals surface area contributed by atoms with E-state index in [0.29, 0.717) is 29.1 Å². The van der Waals surface area contributed by atoms with E-state index in [0.717, 1.165) is 25.0 Å². The van der Waals surface area contributed by atoms with Gasteiger partial charge >= 0.3 is 0 Å². The van der Waals surface area contributed by atoms with Crippen LogP contribution in [0.5, 0.6) is 0 Å². The van der Waals surface area contributed by atoms with E-state index in [1.807, 2.05) is 0 Å². The van der Waals surface area contributed by atoms with E-state index in [9.17, 15) is 9.59 Å². The molecule has 3 aliphatic rings. The SMILES string of the molecule is CC1(C)CCC[C@]2(C)[C@H]3CC=C(C=O)CC(=O)[C@@H]3CC[C@@H]12. The number of carbonyl (C=O) groups is 2. The first-order chi connectivity index (χ1) is 9.88.